The van der Waals surface area contributed by atoms with Gasteiger partial charge in [-0.1, -0.05) is 36.4 Å². The van der Waals surface area contributed by atoms with E-state index in [-0.39, 0.29) is 4.90 Å². The highest BCUT2D eigenvalue weighted by Crippen LogP contribution is 2.18. The summed E-state index contributed by atoms with van der Waals surface area (Å²) < 4.78 is 27.5. The van der Waals surface area contributed by atoms with Gasteiger partial charge in [0.05, 0.1) is 16.8 Å². The van der Waals surface area contributed by atoms with Crippen LogP contribution in [0.15, 0.2) is 71.8 Å². The molecule has 0 unspecified atom stereocenters. The summed E-state index contributed by atoms with van der Waals surface area (Å²) in [4.78, 5) is 4.44. The molecule has 0 spiro atoms. The number of nitrogens with one attached hydrogen (secondary N) is 2. The zero-order valence-corrected chi connectivity index (χ0v) is 16.3. The number of aryl methyl sites for hydroxylation is 2. The topological polar surface area (TPSA) is 71.1 Å². The van der Waals surface area contributed by atoms with E-state index in [0.29, 0.717) is 5.82 Å². The van der Waals surface area contributed by atoms with Crippen LogP contribution in [0, 0.1) is 13.8 Å². The highest BCUT2D eigenvalue weighted by molar-refractivity contribution is 7.92. The number of pyridine rings is 1. The SMILES string of the molecule is Cc1ccc(S(=O)(=O)Nc2ccc(NCCc3ccccc3)cn2)cc1C. The van der Waals surface area contributed by atoms with E-state index in [0.717, 1.165) is 29.8 Å². The van der Waals surface area contributed by atoms with Gasteiger partial charge < -0.3 is 5.32 Å². The second-order valence-electron chi connectivity index (χ2n) is 6.45. The Kier molecular flexibility index (Phi) is 5.76. The van der Waals surface area contributed by atoms with Crippen molar-refractivity contribution in [2.75, 3.05) is 16.6 Å². The van der Waals surface area contributed by atoms with E-state index in [1.165, 1.54) is 5.56 Å². The number of aromatic nitrogens is 1. The monoisotopic (exact) mass is 381 g/mol. The van der Waals surface area contributed by atoms with E-state index in [4.69, 9.17) is 0 Å². The number of hydrogen-bond acceptors (Lipinski definition) is 4. The highest BCUT2D eigenvalue weighted by Gasteiger charge is 2.15. The molecule has 27 heavy (non-hydrogen) atoms. The number of benzene rings is 2. The molecule has 2 N–H and O–H groups in total. The molecule has 3 rings (SSSR count). The van der Waals surface area contributed by atoms with Crippen molar-refractivity contribution < 1.29 is 8.42 Å². The summed E-state index contributed by atoms with van der Waals surface area (Å²) in [5, 5.41) is 3.29. The molecule has 6 heteroatoms. The Bertz CT molecular complexity index is 1000. The van der Waals surface area contributed by atoms with Crippen LogP contribution in [0.2, 0.25) is 0 Å². The average Bonchev–Trinajstić information content (AvgIpc) is 2.66. The molecule has 2 aromatic carbocycles. The van der Waals surface area contributed by atoms with Crippen molar-refractivity contribution in [3.8, 4) is 0 Å². The van der Waals surface area contributed by atoms with E-state index < -0.39 is 10.0 Å². The van der Waals surface area contributed by atoms with Crippen LogP contribution in [0.4, 0.5) is 11.5 Å². The highest BCUT2D eigenvalue weighted by atomic mass is 32.2. The number of hydrogen-bond donors (Lipinski definition) is 2. The van der Waals surface area contributed by atoms with E-state index in [1.54, 1.807) is 30.5 Å². The van der Waals surface area contributed by atoms with Crippen molar-refractivity contribution in [3.05, 3.63) is 83.6 Å². The van der Waals surface area contributed by atoms with Crippen molar-refractivity contribution in [3.63, 3.8) is 0 Å². The lowest BCUT2D eigenvalue weighted by molar-refractivity contribution is 0.601. The fraction of sp³-hybridized carbons (Fsp3) is 0.190. The molecule has 0 amide bonds. The third-order valence-electron chi connectivity index (χ3n) is 4.38. The largest absolute Gasteiger partial charge is 0.383 e. The standard InChI is InChI=1S/C21H23N3O2S/c1-16-8-10-20(14-17(16)2)27(25,26)24-21-11-9-19(15-23-21)22-13-12-18-6-4-3-5-7-18/h3-11,14-15,22H,12-13H2,1-2H3,(H,23,24). The minimum absolute atomic E-state index is 0.234. The van der Waals surface area contributed by atoms with E-state index >= 15 is 0 Å². The molecule has 0 saturated carbocycles. The van der Waals surface area contributed by atoms with Crippen LogP contribution in [0.5, 0.6) is 0 Å². The predicted molar refractivity (Wildman–Crippen MR) is 110 cm³/mol. The Labute approximate surface area is 160 Å². The van der Waals surface area contributed by atoms with Gasteiger partial charge in [-0.25, -0.2) is 13.4 Å². The van der Waals surface area contributed by atoms with Gasteiger partial charge >= 0.3 is 0 Å². The Hall–Kier alpha value is -2.86. The Morgan fingerprint density at radius 1 is 0.926 bits per heavy atom. The van der Waals surface area contributed by atoms with Crippen LogP contribution in [-0.2, 0) is 16.4 Å². The summed E-state index contributed by atoms with van der Waals surface area (Å²) in [6.45, 7) is 4.62. The molecule has 1 heterocycles. The van der Waals surface area contributed by atoms with E-state index in [9.17, 15) is 8.42 Å². The maximum Gasteiger partial charge on any atom is 0.263 e. The van der Waals surface area contributed by atoms with Crippen molar-refractivity contribution in [1.82, 2.24) is 4.98 Å². The lowest BCUT2D eigenvalue weighted by atomic mass is 10.1. The molecule has 140 valence electrons. The summed E-state index contributed by atoms with van der Waals surface area (Å²) in [6, 6.07) is 18.8. The molecule has 0 aliphatic rings. The molecule has 1 aromatic heterocycles. The minimum Gasteiger partial charge on any atom is -0.383 e. The van der Waals surface area contributed by atoms with Crippen LogP contribution in [0.3, 0.4) is 0 Å². The zero-order valence-electron chi connectivity index (χ0n) is 15.4. The molecule has 0 aliphatic heterocycles. The van der Waals surface area contributed by atoms with Gasteiger partial charge in [0.2, 0.25) is 0 Å². The molecule has 3 aromatic rings. The first kappa shape index (κ1) is 18.9. The van der Waals surface area contributed by atoms with Gasteiger partial charge in [0.15, 0.2) is 0 Å². The second kappa shape index (κ2) is 8.22. The first-order valence-electron chi connectivity index (χ1n) is 8.78. The van der Waals surface area contributed by atoms with Gasteiger partial charge in [0.1, 0.15) is 5.82 Å². The van der Waals surface area contributed by atoms with Crippen LogP contribution in [0.1, 0.15) is 16.7 Å². The van der Waals surface area contributed by atoms with E-state index in [2.05, 4.69) is 27.2 Å². The molecule has 0 fully saturated rings. The van der Waals surface area contributed by atoms with Crippen molar-refractivity contribution in [2.45, 2.75) is 25.2 Å². The number of sulfonamides is 1. The van der Waals surface area contributed by atoms with Crippen molar-refractivity contribution >= 4 is 21.5 Å². The Morgan fingerprint density at radius 2 is 1.70 bits per heavy atom. The summed E-state index contributed by atoms with van der Waals surface area (Å²) in [5.74, 6) is 0.293. The summed E-state index contributed by atoms with van der Waals surface area (Å²) in [7, 11) is -3.65. The number of rotatable bonds is 7. The smallest absolute Gasteiger partial charge is 0.263 e. The van der Waals surface area contributed by atoms with E-state index in [1.807, 2.05) is 38.1 Å². The molecule has 0 atom stereocenters. The molecule has 0 bridgehead atoms. The molecule has 0 saturated heterocycles. The maximum atomic E-state index is 12.5. The van der Waals surface area contributed by atoms with Gasteiger partial charge in [0, 0.05) is 6.54 Å². The third-order valence-corrected chi connectivity index (χ3v) is 5.73. The van der Waals surface area contributed by atoms with Gasteiger partial charge in [-0.05, 0) is 61.2 Å². The Morgan fingerprint density at radius 3 is 2.37 bits per heavy atom. The number of nitrogens with zero attached hydrogens (tertiary/aromatic N) is 1. The summed E-state index contributed by atoms with van der Waals surface area (Å²) >= 11 is 0. The second-order valence-corrected chi connectivity index (χ2v) is 8.13. The normalized spacial score (nSPS) is 11.2. The number of anilines is 2. The zero-order chi connectivity index (χ0) is 19.3. The van der Waals surface area contributed by atoms with Crippen molar-refractivity contribution in [2.24, 2.45) is 0 Å². The minimum atomic E-state index is -3.65. The lowest BCUT2D eigenvalue weighted by Gasteiger charge is -2.10. The van der Waals surface area contributed by atoms with Gasteiger partial charge in [-0.2, -0.15) is 0 Å². The molecule has 5 nitrogen and oxygen atoms in total. The lowest BCUT2D eigenvalue weighted by Crippen LogP contribution is -2.14. The van der Waals surface area contributed by atoms with Gasteiger partial charge in [-0.3, -0.25) is 4.72 Å². The molecule has 0 radical (unpaired) electrons. The third kappa shape index (κ3) is 5.08. The maximum absolute atomic E-state index is 12.5. The molecular weight excluding hydrogens is 358 g/mol. The first-order chi connectivity index (χ1) is 12.9. The van der Waals surface area contributed by atoms with Crippen LogP contribution >= 0.6 is 0 Å². The molecular formula is C21H23N3O2S. The Balaban J connectivity index is 1.60. The van der Waals surface area contributed by atoms with Crippen LogP contribution in [-0.4, -0.2) is 19.9 Å². The van der Waals surface area contributed by atoms with Crippen LogP contribution in [0.25, 0.3) is 0 Å². The fourth-order valence-corrected chi connectivity index (χ4v) is 3.73. The van der Waals surface area contributed by atoms with Gasteiger partial charge in [0.25, 0.3) is 10.0 Å². The van der Waals surface area contributed by atoms with Gasteiger partial charge in [-0.15, -0.1) is 0 Å². The summed E-state index contributed by atoms with van der Waals surface area (Å²) in [6.07, 6.45) is 2.53. The summed E-state index contributed by atoms with van der Waals surface area (Å²) in [5.41, 5.74) is 4.09. The average molecular weight is 382 g/mol. The van der Waals surface area contributed by atoms with Crippen LogP contribution < -0.4 is 10.0 Å². The van der Waals surface area contributed by atoms with Crippen molar-refractivity contribution in [1.29, 1.82) is 0 Å². The first-order valence-corrected chi connectivity index (χ1v) is 10.3. The molecule has 0 aliphatic carbocycles. The quantitative estimate of drug-likeness (QED) is 0.645. The fourth-order valence-electron chi connectivity index (χ4n) is 2.63. The predicted octanol–water partition coefficient (Wildman–Crippen LogP) is 4.15.